The van der Waals surface area contributed by atoms with E-state index in [-0.39, 0.29) is 0 Å². The van der Waals surface area contributed by atoms with E-state index < -0.39 is 0 Å². The van der Waals surface area contributed by atoms with Crippen molar-refractivity contribution >= 4 is 39.1 Å². The minimum Gasteiger partial charge on any atom is -0.492 e. The molecular weight excluding hydrogens is 287 g/mol. The van der Waals surface area contributed by atoms with Gasteiger partial charge in [0, 0.05) is 16.3 Å². The molecule has 0 aliphatic carbocycles. The lowest BCUT2D eigenvalue weighted by Crippen LogP contribution is -2.09. The number of hydrogen-bond acceptors (Lipinski definition) is 1. The van der Waals surface area contributed by atoms with Crippen LogP contribution in [0.15, 0.2) is 22.7 Å². The summed E-state index contributed by atoms with van der Waals surface area (Å²) < 4.78 is 6.48. The Morgan fingerprint density at radius 3 is 2.86 bits per heavy atom. The normalized spacial score (nSPS) is 12.6. The number of hydrogen-bond donors (Lipinski definition) is 0. The van der Waals surface area contributed by atoms with E-state index in [1.807, 2.05) is 19.1 Å². The van der Waals surface area contributed by atoms with Gasteiger partial charge in [0.2, 0.25) is 0 Å². The molecule has 0 saturated carbocycles. The maximum Gasteiger partial charge on any atom is 0.139 e. The molecule has 14 heavy (non-hydrogen) atoms. The van der Waals surface area contributed by atoms with Crippen molar-refractivity contribution in [1.82, 2.24) is 0 Å². The van der Waals surface area contributed by atoms with Crippen molar-refractivity contribution in [2.45, 2.75) is 6.92 Å². The lowest BCUT2D eigenvalue weighted by molar-refractivity contribution is 0.273. The van der Waals surface area contributed by atoms with Gasteiger partial charge in [0.05, 0.1) is 11.6 Å². The maximum atomic E-state index is 5.94. The van der Waals surface area contributed by atoms with E-state index in [1.165, 1.54) is 0 Å². The fourth-order valence-corrected chi connectivity index (χ4v) is 1.47. The highest BCUT2D eigenvalue weighted by Crippen LogP contribution is 2.28. The quantitative estimate of drug-likeness (QED) is 0.751. The largest absolute Gasteiger partial charge is 0.492 e. The number of rotatable bonds is 4. The van der Waals surface area contributed by atoms with Gasteiger partial charge in [0.25, 0.3) is 0 Å². The second-order valence-electron chi connectivity index (χ2n) is 3.15. The molecule has 0 aromatic heterocycles. The molecule has 0 spiro atoms. The van der Waals surface area contributed by atoms with E-state index in [4.69, 9.17) is 27.9 Å². The SMILES string of the molecule is CC(CCl)COc1cc(Br)ccc1Cl. The van der Waals surface area contributed by atoms with E-state index in [0.29, 0.717) is 29.2 Å². The first kappa shape index (κ1) is 12.2. The van der Waals surface area contributed by atoms with E-state index >= 15 is 0 Å². The summed E-state index contributed by atoms with van der Waals surface area (Å²) in [6, 6.07) is 5.52. The van der Waals surface area contributed by atoms with E-state index in [0.717, 1.165) is 4.47 Å². The van der Waals surface area contributed by atoms with Crippen molar-refractivity contribution in [3.8, 4) is 5.75 Å². The maximum absolute atomic E-state index is 5.94. The number of benzene rings is 1. The Morgan fingerprint density at radius 2 is 2.21 bits per heavy atom. The van der Waals surface area contributed by atoms with Gasteiger partial charge in [-0.25, -0.2) is 0 Å². The summed E-state index contributed by atoms with van der Waals surface area (Å²) in [5.41, 5.74) is 0. The van der Waals surface area contributed by atoms with Gasteiger partial charge < -0.3 is 4.74 Å². The molecule has 0 bridgehead atoms. The minimum atomic E-state index is 0.326. The van der Waals surface area contributed by atoms with Crippen molar-refractivity contribution in [1.29, 1.82) is 0 Å². The first-order valence-corrected chi connectivity index (χ1v) is 5.98. The summed E-state index contributed by atoms with van der Waals surface area (Å²) in [7, 11) is 0. The third-order valence-electron chi connectivity index (χ3n) is 1.68. The lowest BCUT2D eigenvalue weighted by Gasteiger charge is -2.11. The lowest BCUT2D eigenvalue weighted by atomic mass is 10.2. The predicted octanol–water partition coefficient (Wildman–Crippen LogP) is 4.36. The molecule has 0 aliphatic heterocycles. The van der Waals surface area contributed by atoms with Gasteiger partial charge in [0.15, 0.2) is 0 Å². The average molecular weight is 298 g/mol. The fraction of sp³-hybridized carbons (Fsp3) is 0.400. The van der Waals surface area contributed by atoms with Crippen LogP contribution in [0.1, 0.15) is 6.92 Å². The van der Waals surface area contributed by atoms with Crippen LogP contribution in [0.5, 0.6) is 5.75 Å². The molecular formula is C10H11BrCl2O. The topological polar surface area (TPSA) is 9.23 Å². The molecule has 1 nitrogen and oxygen atoms in total. The predicted molar refractivity (Wildman–Crippen MR) is 64.5 cm³/mol. The van der Waals surface area contributed by atoms with Gasteiger partial charge in [-0.1, -0.05) is 34.5 Å². The monoisotopic (exact) mass is 296 g/mol. The third kappa shape index (κ3) is 3.68. The van der Waals surface area contributed by atoms with E-state index in [1.54, 1.807) is 6.07 Å². The highest BCUT2D eigenvalue weighted by Gasteiger charge is 2.05. The molecule has 78 valence electrons. The zero-order valence-electron chi connectivity index (χ0n) is 7.77. The molecule has 4 heteroatoms. The fourth-order valence-electron chi connectivity index (χ4n) is 0.864. The summed E-state index contributed by atoms with van der Waals surface area (Å²) >= 11 is 15.0. The van der Waals surface area contributed by atoms with E-state index in [2.05, 4.69) is 15.9 Å². The smallest absolute Gasteiger partial charge is 0.139 e. The minimum absolute atomic E-state index is 0.326. The molecule has 1 aromatic rings. The van der Waals surface area contributed by atoms with Crippen LogP contribution in [0.25, 0.3) is 0 Å². The first-order valence-electron chi connectivity index (χ1n) is 4.27. The highest BCUT2D eigenvalue weighted by molar-refractivity contribution is 9.10. The summed E-state index contributed by atoms with van der Waals surface area (Å²) in [5.74, 6) is 1.61. The van der Waals surface area contributed by atoms with Crippen molar-refractivity contribution < 1.29 is 4.74 Å². The second-order valence-corrected chi connectivity index (χ2v) is 4.78. The molecule has 1 rings (SSSR count). The van der Waals surface area contributed by atoms with Crippen molar-refractivity contribution in [2.24, 2.45) is 5.92 Å². The van der Waals surface area contributed by atoms with Gasteiger partial charge >= 0.3 is 0 Å². The Labute approximate surface area is 102 Å². The molecule has 1 atom stereocenters. The zero-order chi connectivity index (χ0) is 10.6. The van der Waals surface area contributed by atoms with Gasteiger partial charge in [0.1, 0.15) is 5.75 Å². The van der Waals surface area contributed by atoms with Crippen molar-refractivity contribution in [3.05, 3.63) is 27.7 Å². The van der Waals surface area contributed by atoms with Crippen LogP contribution in [0.4, 0.5) is 0 Å². The van der Waals surface area contributed by atoms with Crippen LogP contribution in [-0.4, -0.2) is 12.5 Å². The highest BCUT2D eigenvalue weighted by atomic mass is 79.9. The van der Waals surface area contributed by atoms with Crippen LogP contribution in [-0.2, 0) is 0 Å². The van der Waals surface area contributed by atoms with Crippen LogP contribution in [0.3, 0.4) is 0 Å². The molecule has 1 unspecified atom stereocenters. The van der Waals surface area contributed by atoms with Crippen LogP contribution in [0.2, 0.25) is 5.02 Å². The van der Waals surface area contributed by atoms with Gasteiger partial charge in [-0.05, 0) is 18.2 Å². The number of ether oxygens (including phenoxy) is 1. The Balaban J connectivity index is 2.62. The Morgan fingerprint density at radius 1 is 1.50 bits per heavy atom. The van der Waals surface area contributed by atoms with Crippen molar-refractivity contribution in [3.63, 3.8) is 0 Å². The third-order valence-corrected chi connectivity index (χ3v) is 3.01. The summed E-state index contributed by atoms with van der Waals surface area (Å²) in [6.07, 6.45) is 0. The molecule has 0 N–H and O–H groups in total. The van der Waals surface area contributed by atoms with Crippen molar-refractivity contribution in [2.75, 3.05) is 12.5 Å². The molecule has 0 heterocycles. The summed E-state index contributed by atoms with van der Waals surface area (Å²) in [4.78, 5) is 0. The average Bonchev–Trinajstić information content (AvgIpc) is 2.19. The summed E-state index contributed by atoms with van der Waals surface area (Å²) in [6.45, 7) is 2.61. The molecule has 0 saturated heterocycles. The summed E-state index contributed by atoms with van der Waals surface area (Å²) in [5, 5.41) is 0.620. The van der Waals surface area contributed by atoms with Gasteiger partial charge in [-0.3, -0.25) is 0 Å². The van der Waals surface area contributed by atoms with Gasteiger partial charge in [-0.2, -0.15) is 0 Å². The van der Waals surface area contributed by atoms with Crippen LogP contribution >= 0.6 is 39.1 Å². The zero-order valence-corrected chi connectivity index (χ0v) is 10.9. The number of halogens is 3. The second kappa shape index (κ2) is 5.84. The van der Waals surface area contributed by atoms with Crippen LogP contribution in [0, 0.1) is 5.92 Å². The Bertz CT molecular complexity index is 304. The number of alkyl halides is 1. The molecule has 0 fully saturated rings. The molecule has 0 radical (unpaired) electrons. The first-order chi connectivity index (χ1) is 6.63. The molecule has 0 amide bonds. The Kier molecular flexibility index (Phi) is 5.07. The van der Waals surface area contributed by atoms with E-state index in [9.17, 15) is 0 Å². The standard InChI is InChI=1S/C10H11BrCl2O/c1-7(5-12)6-14-10-4-8(11)2-3-9(10)13/h2-4,7H,5-6H2,1H3. The molecule has 1 aromatic carbocycles. The Hall–Kier alpha value is 0.0800. The molecule has 0 aliphatic rings. The van der Waals surface area contributed by atoms with Crippen LogP contribution < -0.4 is 4.74 Å². The van der Waals surface area contributed by atoms with Gasteiger partial charge in [-0.15, -0.1) is 11.6 Å².